The van der Waals surface area contributed by atoms with Crippen molar-refractivity contribution in [1.29, 1.82) is 0 Å². The molecule has 3 rings (SSSR count). The molecule has 0 spiro atoms. The van der Waals surface area contributed by atoms with Gasteiger partial charge in [0.2, 0.25) is 0 Å². The molecule has 0 amide bonds. The fourth-order valence-electron chi connectivity index (χ4n) is 3.97. The second-order valence-electron chi connectivity index (χ2n) is 8.04. The molecule has 0 unspecified atom stereocenters. The monoisotopic (exact) mass is 374 g/mol. The molecule has 1 aliphatic carbocycles. The molecule has 0 N–H and O–H groups in total. The van der Waals surface area contributed by atoms with Crippen LogP contribution in [0.1, 0.15) is 81.4 Å². The molecule has 1 saturated carbocycles. The van der Waals surface area contributed by atoms with Gasteiger partial charge in [0.15, 0.2) is 0 Å². The zero-order valence-corrected chi connectivity index (χ0v) is 17.5. The van der Waals surface area contributed by atoms with Crippen molar-refractivity contribution in [3.63, 3.8) is 0 Å². The van der Waals surface area contributed by atoms with Gasteiger partial charge in [0, 0.05) is 11.5 Å². The molecule has 1 fully saturated rings. The maximum Gasteiger partial charge on any atom is 0.119 e. The minimum Gasteiger partial charge on any atom is -0.494 e. The Balaban J connectivity index is 1.48. The van der Waals surface area contributed by atoms with Crippen molar-refractivity contribution in [2.45, 2.75) is 71.1 Å². The van der Waals surface area contributed by atoms with Gasteiger partial charge in [-0.25, -0.2) is 0 Å². The van der Waals surface area contributed by atoms with Gasteiger partial charge < -0.3 is 4.74 Å². The Labute approximate surface area is 171 Å². The van der Waals surface area contributed by atoms with Crippen molar-refractivity contribution in [3.8, 4) is 17.6 Å². The average molecular weight is 375 g/mol. The lowest BCUT2D eigenvalue weighted by Crippen LogP contribution is -2.12. The Kier molecular flexibility index (Phi) is 8.04. The highest BCUT2D eigenvalue weighted by atomic mass is 16.5. The maximum atomic E-state index is 5.78. The Morgan fingerprint density at radius 1 is 0.857 bits per heavy atom. The van der Waals surface area contributed by atoms with Crippen LogP contribution in [0, 0.1) is 17.8 Å². The van der Waals surface area contributed by atoms with E-state index in [-0.39, 0.29) is 0 Å². The summed E-state index contributed by atoms with van der Waals surface area (Å²) in [5.74, 6) is 9.16. The molecule has 1 nitrogen and oxygen atoms in total. The first-order chi connectivity index (χ1) is 13.8. The quantitative estimate of drug-likeness (QED) is 0.369. The van der Waals surface area contributed by atoms with Crippen LogP contribution in [0.2, 0.25) is 0 Å². The molecule has 2 aromatic rings. The number of ether oxygens (including phenoxy) is 1. The van der Waals surface area contributed by atoms with E-state index in [2.05, 4.69) is 74.2 Å². The van der Waals surface area contributed by atoms with Gasteiger partial charge in [-0.3, -0.25) is 0 Å². The Bertz CT molecular complexity index is 753. The molecule has 1 aliphatic rings. The normalized spacial score (nSPS) is 18.9. The first kappa shape index (κ1) is 20.5. The third kappa shape index (κ3) is 6.16. The lowest BCUT2D eigenvalue weighted by molar-refractivity contribution is 0.309. The van der Waals surface area contributed by atoms with E-state index in [9.17, 15) is 0 Å². The highest BCUT2D eigenvalue weighted by molar-refractivity contribution is 5.37. The molecular formula is C27H34O. The molecule has 0 bridgehead atoms. The summed E-state index contributed by atoms with van der Waals surface area (Å²) in [7, 11) is 0. The van der Waals surface area contributed by atoms with Gasteiger partial charge in [-0.05, 0) is 79.8 Å². The van der Waals surface area contributed by atoms with Gasteiger partial charge in [-0.1, -0.05) is 62.8 Å². The molecule has 0 atom stereocenters. The summed E-state index contributed by atoms with van der Waals surface area (Å²) in [6.07, 6.45) is 9.55. The van der Waals surface area contributed by atoms with Crippen LogP contribution in [-0.2, 0) is 6.42 Å². The SMILES string of the molecule is CCCCOc1ccc([C@H]2CC[C@H](C#Cc3ccc(CCC)cc3)CC2)cc1. The van der Waals surface area contributed by atoms with E-state index in [4.69, 9.17) is 4.74 Å². The first-order valence-corrected chi connectivity index (χ1v) is 11.1. The summed E-state index contributed by atoms with van der Waals surface area (Å²) in [5.41, 5.74) is 4.02. The predicted octanol–water partition coefficient (Wildman–Crippen LogP) is 7.14. The van der Waals surface area contributed by atoms with Gasteiger partial charge in [0.05, 0.1) is 6.61 Å². The van der Waals surface area contributed by atoms with Crippen LogP contribution in [0.3, 0.4) is 0 Å². The van der Waals surface area contributed by atoms with Crippen molar-refractivity contribution in [3.05, 3.63) is 65.2 Å². The van der Waals surface area contributed by atoms with Gasteiger partial charge in [-0.15, -0.1) is 0 Å². The molecular weight excluding hydrogens is 340 g/mol. The second kappa shape index (κ2) is 11.0. The van der Waals surface area contributed by atoms with Crippen LogP contribution >= 0.6 is 0 Å². The molecule has 2 aromatic carbocycles. The molecule has 0 radical (unpaired) electrons. The Hall–Kier alpha value is -2.20. The highest BCUT2D eigenvalue weighted by Gasteiger charge is 2.21. The summed E-state index contributed by atoms with van der Waals surface area (Å²) >= 11 is 0. The van der Waals surface area contributed by atoms with Crippen molar-refractivity contribution in [2.24, 2.45) is 5.92 Å². The number of benzene rings is 2. The predicted molar refractivity (Wildman–Crippen MR) is 119 cm³/mol. The zero-order chi connectivity index (χ0) is 19.6. The molecule has 1 heteroatoms. The third-order valence-corrected chi connectivity index (χ3v) is 5.76. The van der Waals surface area contributed by atoms with Gasteiger partial charge in [-0.2, -0.15) is 0 Å². The van der Waals surface area contributed by atoms with E-state index in [1.54, 1.807) is 0 Å². The smallest absolute Gasteiger partial charge is 0.119 e. The van der Waals surface area contributed by atoms with E-state index in [0.717, 1.165) is 30.8 Å². The van der Waals surface area contributed by atoms with Crippen molar-refractivity contribution < 1.29 is 4.74 Å². The molecule has 0 aromatic heterocycles. The molecule has 148 valence electrons. The minimum absolute atomic E-state index is 0.545. The van der Waals surface area contributed by atoms with Crippen LogP contribution in [-0.4, -0.2) is 6.61 Å². The van der Waals surface area contributed by atoms with E-state index in [0.29, 0.717) is 11.8 Å². The minimum atomic E-state index is 0.545. The Morgan fingerprint density at radius 2 is 1.57 bits per heavy atom. The third-order valence-electron chi connectivity index (χ3n) is 5.76. The van der Waals surface area contributed by atoms with E-state index in [1.165, 1.54) is 49.7 Å². The summed E-state index contributed by atoms with van der Waals surface area (Å²) < 4.78 is 5.78. The fourth-order valence-corrected chi connectivity index (χ4v) is 3.97. The molecule has 28 heavy (non-hydrogen) atoms. The lowest BCUT2D eigenvalue weighted by Gasteiger charge is -2.26. The largest absolute Gasteiger partial charge is 0.494 e. The fraction of sp³-hybridized carbons (Fsp3) is 0.481. The number of hydrogen-bond acceptors (Lipinski definition) is 1. The van der Waals surface area contributed by atoms with Gasteiger partial charge in [0.1, 0.15) is 5.75 Å². The highest BCUT2D eigenvalue weighted by Crippen LogP contribution is 2.36. The summed E-state index contributed by atoms with van der Waals surface area (Å²) in [6.45, 7) is 5.23. The number of rotatable bonds is 7. The maximum absolute atomic E-state index is 5.78. The number of unbranched alkanes of at least 4 members (excludes halogenated alkanes) is 1. The van der Waals surface area contributed by atoms with Crippen LogP contribution in [0.25, 0.3) is 0 Å². The van der Waals surface area contributed by atoms with E-state index < -0.39 is 0 Å². The number of aryl methyl sites for hydroxylation is 1. The van der Waals surface area contributed by atoms with E-state index >= 15 is 0 Å². The van der Waals surface area contributed by atoms with Crippen LogP contribution in [0.15, 0.2) is 48.5 Å². The Morgan fingerprint density at radius 3 is 2.21 bits per heavy atom. The lowest BCUT2D eigenvalue weighted by atomic mass is 9.79. The van der Waals surface area contributed by atoms with Crippen LogP contribution in [0.4, 0.5) is 0 Å². The van der Waals surface area contributed by atoms with Gasteiger partial charge >= 0.3 is 0 Å². The summed E-state index contributed by atoms with van der Waals surface area (Å²) in [5, 5.41) is 0. The van der Waals surface area contributed by atoms with Crippen LogP contribution < -0.4 is 4.74 Å². The van der Waals surface area contributed by atoms with Crippen molar-refractivity contribution >= 4 is 0 Å². The first-order valence-electron chi connectivity index (χ1n) is 11.1. The van der Waals surface area contributed by atoms with Crippen molar-refractivity contribution in [2.75, 3.05) is 6.61 Å². The standard InChI is InChI=1S/C27H34O/c1-3-5-21-28-27-19-17-26(18-20-27)25-15-13-24(14-16-25)12-11-23-9-7-22(6-4-2)8-10-23/h7-10,17-20,24-25H,3-6,13-16,21H2,1-2H3/t24-,25-. The molecule has 0 heterocycles. The average Bonchev–Trinajstić information content (AvgIpc) is 2.75. The van der Waals surface area contributed by atoms with Gasteiger partial charge in [0.25, 0.3) is 0 Å². The second-order valence-corrected chi connectivity index (χ2v) is 8.04. The van der Waals surface area contributed by atoms with E-state index in [1.807, 2.05) is 0 Å². The molecule has 0 saturated heterocycles. The van der Waals surface area contributed by atoms with Crippen LogP contribution in [0.5, 0.6) is 5.75 Å². The topological polar surface area (TPSA) is 9.23 Å². The summed E-state index contributed by atoms with van der Waals surface area (Å²) in [4.78, 5) is 0. The van der Waals surface area contributed by atoms with Crippen molar-refractivity contribution in [1.82, 2.24) is 0 Å². The molecule has 0 aliphatic heterocycles. The zero-order valence-electron chi connectivity index (χ0n) is 17.5. The summed E-state index contributed by atoms with van der Waals surface area (Å²) in [6, 6.07) is 17.6. The number of hydrogen-bond donors (Lipinski definition) is 0.